The van der Waals surface area contributed by atoms with Crippen molar-refractivity contribution in [1.82, 2.24) is 4.90 Å². The van der Waals surface area contributed by atoms with Crippen LogP contribution in [-0.2, 0) is 14.3 Å². The molecule has 0 spiro atoms. The maximum atomic E-state index is 12.1. The van der Waals surface area contributed by atoms with Gasteiger partial charge in [-0.05, 0) is 47.0 Å². The lowest BCUT2D eigenvalue weighted by atomic mass is 9.98. The minimum Gasteiger partial charge on any atom is -0.469 e. The molecule has 0 aliphatic carbocycles. The quantitative estimate of drug-likeness (QED) is 0.625. The van der Waals surface area contributed by atoms with E-state index in [2.05, 4.69) is 15.9 Å². The Labute approximate surface area is 125 Å². The van der Waals surface area contributed by atoms with Crippen LogP contribution in [0.4, 0.5) is 0 Å². The van der Waals surface area contributed by atoms with E-state index in [1.165, 1.54) is 13.2 Å². The van der Waals surface area contributed by atoms with Gasteiger partial charge in [0, 0.05) is 19.2 Å². The van der Waals surface area contributed by atoms with Gasteiger partial charge in [-0.15, -0.1) is 0 Å². The van der Waals surface area contributed by atoms with Gasteiger partial charge in [-0.2, -0.15) is 0 Å². The van der Waals surface area contributed by atoms with Gasteiger partial charge >= 0.3 is 5.97 Å². The fraction of sp³-hybridized carbons (Fsp3) is 0.429. The van der Waals surface area contributed by atoms with Crippen molar-refractivity contribution in [3.8, 4) is 0 Å². The zero-order chi connectivity index (χ0) is 14.5. The summed E-state index contributed by atoms with van der Waals surface area (Å²) in [7, 11) is 1.37. The molecule has 1 fully saturated rings. The van der Waals surface area contributed by atoms with Crippen molar-refractivity contribution in [3.63, 3.8) is 0 Å². The highest BCUT2D eigenvalue weighted by molar-refractivity contribution is 9.10. The van der Waals surface area contributed by atoms with E-state index in [4.69, 9.17) is 9.15 Å². The highest BCUT2D eigenvalue weighted by atomic mass is 79.9. The number of carbonyl (C=O) groups excluding carboxylic acids is 2. The minimum atomic E-state index is -0.249. The van der Waals surface area contributed by atoms with Gasteiger partial charge < -0.3 is 14.1 Å². The van der Waals surface area contributed by atoms with E-state index in [1.807, 2.05) is 0 Å². The molecular formula is C14H16BrNO4. The highest BCUT2D eigenvalue weighted by Gasteiger charge is 2.28. The van der Waals surface area contributed by atoms with Crippen molar-refractivity contribution in [1.29, 1.82) is 0 Å². The third-order valence-corrected chi connectivity index (χ3v) is 3.68. The predicted octanol–water partition coefficient (Wildman–Crippen LogP) is 2.47. The summed E-state index contributed by atoms with van der Waals surface area (Å²) >= 11 is 3.20. The maximum Gasteiger partial charge on any atom is 0.310 e. The number of amides is 1. The van der Waals surface area contributed by atoms with Crippen molar-refractivity contribution in [2.24, 2.45) is 5.92 Å². The average molecular weight is 342 g/mol. The molecule has 1 atom stereocenters. The molecule has 0 saturated carbocycles. The Bertz CT molecular complexity index is 523. The van der Waals surface area contributed by atoms with Crippen LogP contribution < -0.4 is 0 Å². The number of hydrogen-bond donors (Lipinski definition) is 0. The molecule has 0 N–H and O–H groups in total. The Morgan fingerprint density at radius 2 is 2.30 bits per heavy atom. The lowest BCUT2D eigenvalue weighted by Gasteiger charge is -2.30. The zero-order valence-corrected chi connectivity index (χ0v) is 12.8. The number of esters is 1. The first-order chi connectivity index (χ1) is 9.60. The Hall–Kier alpha value is -1.56. The van der Waals surface area contributed by atoms with Gasteiger partial charge in [-0.1, -0.05) is 0 Å². The predicted molar refractivity (Wildman–Crippen MR) is 76.8 cm³/mol. The molecule has 5 nitrogen and oxygen atoms in total. The van der Waals surface area contributed by atoms with Crippen molar-refractivity contribution in [2.75, 3.05) is 20.2 Å². The normalized spacial score (nSPS) is 19.3. The average Bonchev–Trinajstić information content (AvgIpc) is 2.89. The van der Waals surface area contributed by atoms with E-state index in [0.717, 1.165) is 12.8 Å². The van der Waals surface area contributed by atoms with Gasteiger partial charge in [0.15, 0.2) is 4.67 Å². The second-order valence-corrected chi connectivity index (χ2v) is 5.40. The van der Waals surface area contributed by atoms with Crippen LogP contribution in [0.5, 0.6) is 0 Å². The van der Waals surface area contributed by atoms with Crippen LogP contribution in [0.1, 0.15) is 18.6 Å². The molecule has 0 radical (unpaired) electrons. The number of ether oxygens (including phenoxy) is 1. The summed E-state index contributed by atoms with van der Waals surface area (Å²) in [4.78, 5) is 25.3. The molecule has 2 heterocycles. The van der Waals surface area contributed by atoms with Crippen LogP contribution in [0.25, 0.3) is 6.08 Å². The number of halogens is 1. The fourth-order valence-electron chi connectivity index (χ4n) is 2.21. The first kappa shape index (κ1) is 14.8. The number of likely N-dealkylation sites (tertiary alicyclic amines) is 1. The van der Waals surface area contributed by atoms with Gasteiger partial charge in [0.2, 0.25) is 5.91 Å². The summed E-state index contributed by atoms with van der Waals surface area (Å²) in [6.45, 7) is 1.08. The summed E-state index contributed by atoms with van der Waals surface area (Å²) in [5.74, 6) is 0.0168. The number of nitrogens with zero attached hydrogens (tertiary/aromatic N) is 1. The van der Waals surface area contributed by atoms with Gasteiger partial charge in [-0.25, -0.2) is 0 Å². The zero-order valence-electron chi connectivity index (χ0n) is 11.2. The molecule has 1 aromatic heterocycles. The van der Waals surface area contributed by atoms with E-state index >= 15 is 0 Å². The summed E-state index contributed by atoms with van der Waals surface area (Å²) in [6.07, 6.45) is 4.66. The van der Waals surface area contributed by atoms with E-state index in [1.54, 1.807) is 23.1 Å². The molecule has 1 aliphatic rings. The van der Waals surface area contributed by atoms with Crippen LogP contribution in [0.2, 0.25) is 0 Å². The number of methoxy groups -OCH3 is 1. The van der Waals surface area contributed by atoms with Crippen LogP contribution in [0.15, 0.2) is 27.3 Å². The molecule has 20 heavy (non-hydrogen) atoms. The third kappa shape index (κ3) is 3.72. The summed E-state index contributed by atoms with van der Waals surface area (Å²) in [5, 5.41) is 0. The molecular weight excluding hydrogens is 326 g/mol. The molecule has 1 unspecified atom stereocenters. The summed E-state index contributed by atoms with van der Waals surface area (Å²) < 4.78 is 10.6. The van der Waals surface area contributed by atoms with Gasteiger partial charge in [0.05, 0.1) is 13.0 Å². The largest absolute Gasteiger partial charge is 0.469 e. The maximum absolute atomic E-state index is 12.1. The van der Waals surface area contributed by atoms with Crippen molar-refractivity contribution in [2.45, 2.75) is 12.8 Å². The van der Waals surface area contributed by atoms with E-state index < -0.39 is 0 Å². The minimum absolute atomic E-state index is 0.119. The Morgan fingerprint density at radius 3 is 2.95 bits per heavy atom. The van der Waals surface area contributed by atoms with Gasteiger partial charge in [0.25, 0.3) is 0 Å². The molecule has 108 valence electrons. The number of hydrogen-bond acceptors (Lipinski definition) is 4. The second-order valence-electron chi connectivity index (χ2n) is 4.62. The first-order valence-corrected chi connectivity index (χ1v) is 7.19. The van der Waals surface area contributed by atoms with Crippen LogP contribution >= 0.6 is 15.9 Å². The van der Waals surface area contributed by atoms with Gasteiger partial charge in [-0.3, -0.25) is 9.59 Å². The Balaban J connectivity index is 1.95. The molecule has 1 amide bonds. The Morgan fingerprint density at radius 1 is 1.50 bits per heavy atom. The standard InChI is InChI=1S/C14H16BrNO4/c1-19-14(18)10-3-2-8-16(9-10)13(17)7-5-11-4-6-12(15)20-11/h4-7,10H,2-3,8-9H2,1H3/b7-5+. The first-order valence-electron chi connectivity index (χ1n) is 6.40. The lowest BCUT2D eigenvalue weighted by molar-refractivity contribution is -0.148. The summed E-state index contributed by atoms with van der Waals surface area (Å²) in [6, 6.07) is 3.53. The molecule has 1 aliphatic heterocycles. The van der Waals surface area contributed by atoms with Crippen molar-refractivity contribution < 1.29 is 18.7 Å². The Kier molecular flexibility index (Phi) is 5.00. The van der Waals surface area contributed by atoms with E-state index in [-0.39, 0.29) is 17.8 Å². The lowest BCUT2D eigenvalue weighted by Crippen LogP contribution is -2.41. The third-order valence-electron chi connectivity index (χ3n) is 3.25. The number of carbonyl (C=O) groups is 2. The SMILES string of the molecule is COC(=O)C1CCCN(C(=O)/C=C/c2ccc(Br)o2)C1. The van der Waals surface area contributed by atoms with Crippen LogP contribution in [-0.4, -0.2) is 37.0 Å². The molecule has 6 heteroatoms. The molecule has 1 aromatic rings. The fourth-order valence-corrected chi connectivity index (χ4v) is 2.53. The monoisotopic (exact) mass is 341 g/mol. The number of piperidine rings is 1. The van der Waals surface area contributed by atoms with Crippen LogP contribution in [0.3, 0.4) is 0 Å². The van der Waals surface area contributed by atoms with Crippen LogP contribution in [0, 0.1) is 5.92 Å². The molecule has 0 bridgehead atoms. The number of furan rings is 1. The summed E-state index contributed by atoms with van der Waals surface area (Å²) in [5.41, 5.74) is 0. The van der Waals surface area contributed by atoms with E-state index in [0.29, 0.717) is 23.5 Å². The number of rotatable bonds is 3. The smallest absolute Gasteiger partial charge is 0.310 e. The molecule has 0 aromatic carbocycles. The molecule has 1 saturated heterocycles. The van der Waals surface area contributed by atoms with Crippen molar-refractivity contribution >= 4 is 33.9 Å². The van der Waals surface area contributed by atoms with E-state index in [9.17, 15) is 9.59 Å². The van der Waals surface area contributed by atoms with Crippen molar-refractivity contribution in [3.05, 3.63) is 28.6 Å². The topological polar surface area (TPSA) is 59.8 Å². The van der Waals surface area contributed by atoms with Gasteiger partial charge in [0.1, 0.15) is 5.76 Å². The second kappa shape index (κ2) is 6.74. The highest BCUT2D eigenvalue weighted by Crippen LogP contribution is 2.19. The molecule has 2 rings (SSSR count).